The summed E-state index contributed by atoms with van der Waals surface area (Å²) in [5.41, 5.74) is 1.02. The van der Waals surface area contributed by atoms with E-state index in [1.165, 1.54) is 23.5 Å². The minimum atomic E-state index is -0.675. The molecule has 3 rings (SSSR count). The molecule has 1 N–H and O–H groups in total. The number of nitrogens with zero attached hydrogens (tertiary/aromatic N) is 2. The van der Waals surface area contributed by atoms with Gasteiger partial charge in [-0.05, 0) is 19.9 Å². The quantitative estimate of drug-likeness (QED) is 0.803. The third-order valence-corrected chi connectivity index (χ3v) is 4.64. The molecule has 2 aromatic heterocycles. The third-order valence-electron chi connectivity index (χ3n) is 3.47. The highest BCUT2D eigenvalue weighted by atomic mass is 32.1. The summed E-state index contributed by atoms with van der Waals surface area (Å²) >= 11 is 1.27. The average molecular weight is 321 g/mol. The topological polar surface area (TPSA) is 46.4 Å². The van der Waals surface area contributed by atoms with Crippen molar-refractivity contribution in [2.75, 3.05) is 0 Å². The number of hydrogen-bond acceptors (Lipinski definition) is 3. The van der Waals surface area contributed by atoms with Crippen molar-refractivity contribution in [2.24, 2.45) is 0 Å². The van der Waals surface area contributed by atoms with Gasteiger partial charge >= 0.3 is 0 Å². The number of benzene rings is 1. The largest absolute Gasteiger partial charge is 0.345 e. The van der Waals surface area contributed by atoms with Crippen molar-refractivity contribution in [1.29, 1.82) is 0 Å². The van der Waals surface area contributed by atoms with E-state index in [0.29, 0.717) is 4.88 Å². The molecule has 1 aromatic carbocycles. The van der Waals surface area contributed by atoms with Crippen LogP contribution in [-0.2, 0) is 0 Å². The van der Waals surface area contributed by atoms with Crippen molar-refractivity contribution in [3.63, 3.8) is 0 Å². The first kappa shape index (κ1) is 14.6. The van der Waals surface area contributed by atoms with Gasteiger partial charge < -0.3 is 5.32 Å². The lowest BCUT2D eigenvalue weighted by atomic mass is 10.1. The Morgan fingerprint density at radius 1 is 1.41 bits per heavy atom. The molecule has 0 aliphatic carbocycles. The molecule has 0 saturated heterocycles. The zero-order valence-corrected chi connectivity index (χ0v) is 12.7. The van der Waals surface area contributed by atoms with Gasteiger partial charge in [-0.15, -0.1) is 0 Å². The number of fused-ring (bicyclic) bond motifs is 1. The number of thiazole rings is 1. The van der Waals surface area contributed by atoms with Gasteiger partial charge in [-0.1, -0.05) is 17.4 Å². The molecule has 0 saturated carbocycles. The number of nitrogens with one attached hydrogen (secondary N) is 1. The number of hydrogen-bond donors (Lipinski definition) is 1. The van der Waals surface area contributed by atoms with Gasteiger partial charge in [0.15, 0.2) is 4.96 Å². The second-order valence-corrected chi connectivity index (χ2v) is 5.93. The molecule has 1 atom stereocenters. The monoisotopic (exact) mass is 321 g/mol. The maximum atomic E-state index is 13.7. The molecule has 22 heavy (non-hydrogen) atoms. The van der Waals surface area contributed by atoms with Gasteiger partial charge in [-0.2, -0.15) is 0 Å². The van der Waals surface area contributed by atoms with Crippen LogP contribution in [0.5, 0.6) is 0 Å². The fourth-order valence-corrected chi connectivity index (χ4v) is 3.29. The van der Waals surface area contributed by atoms with Gasteiger partial charge in [-0.3, -0.25) is 9.20 Å². The van der Waals surface area contributed by atoms with Crippen LogP contribution in [0.25, 0.3) is 4.96 Å². The van der Waals surface area contributed by atoms with E-state index < -0.39 is 17.7 Å². The second kappa shape index (κ2) is 5.49. The molecule has 0 unspecified atom stereocenters. The standard InChI is InChI=1S/C15H13F2N3OS/c1-8(11-4-3-10(16)7-12(11)17)19-14(21)13-9(2)20-6-5-18-15(20)22-13/h3-8H,1-2H3,(H,19,21)/t8-/m1/s1. The predicted octanol–water partition coefficient (Wildman–Crippen LogP) is 3.47. The van der Waals surface area contributed by atoms with Crippen LogP contribution in [0, 0.1) is 18.6 Å². The van der Waals surface area contributed by atoms with Crippen LogP contribution in [-0.4, -0.2) is 15.3 Å². The van der Waals surface area contributed by atoms with Gasteiger partial charge in [0.05, 0.1) is 6.04 Å². The summed E-state index contributed by atoms with van der Waals surface area (Å²) in [6.45, 7) is 3.48. The number of amides is 1. The van der Waals surface area contributed by atoms with E-state index in [1.54, 1.807) is 19.3 Å². The summed E-state index contributed by atoms with van der Waals surface area (Å²) in [5, 5.41) is 2.73. The first-order valence-corrected chi connectivity index (χ1v) is 7.47. The van der Waals surface area contributed by atoms with E-state index in [9.17, 15) is 13.6 Å². The Labute approximate surface area is 129 Å². The highest BCUT2D eigenvalue weighted by Gasteiger charge is 2.20. The lowest BCUT2D eigenvalue weighted by Gasteiger charge is -2.14. The first-order valence-electron chi connectivity index (χ1n) is 6.65. The lowest BCUT2D eigenvalue weighted by Crippen LogP contribution is -2.27. The van der Waals surface area contributed by atoms with Crippen molar-refractivity contribution in [3.05, 3.63) is 58.4 Å². The molecule has 0 radical (unpaired) electrons. The van der Waals surface area contributed by atoms with Crippen LogP contribution in [0.4, 0.5) is 8.78 Å². The normalized spacial score (nSPS) is 12.5. The second-order valence-electron chi connectivity index (χ2n) is 4.96. The van der Waals surface area contributed by atoms with Crippen LogP contribution in [0.1, 0.15) is 33.9 Å². The molecular formula is C15H13F2N3OS. The average Bonchev–Trinajstić information content (AvgIpc) is 3.02. The highest BCUT2D eigenvalue weighted by Crippen LogP contribution is 2.23. The molecule has 0 aliphatic rings. The smallest absolute Gasteiger partial charge is 0.263 e. The van der Waals surface area contributed by atoms with Crippen molar-refractivity contribution >= 4 is 22.2 Å². The van der Waals surface area contributed by atoms with Crippen molar-refractivity contribution in [3.8, 4) is 0 Å². The van der Waals surface area contributed by atoms with Gasteiger partial charge in [0.1, 0.15) is 16.5 Å². The van der Waals surface area contributed by atoms with E-state index in [0.717, 1.165) is 16.7 Å². The van der Waals surface area contributed by atoms with E-state index in [1.807, 2.05) is 11.3 Å². The lowest BCUT2D eigenvalue weighted by molar-refractivity contribution is 0.0942. The van der Waals surface area contributed by atoms with Crippen LogP contribution in [0.3, 0.4) is 0 Å². The fourth-order valence-electron chi connectivity index (χ4n) is 2.30. The molecule has 0 bridgehead atoms. The van der Waals surface area contributed by atoms with Gasteiger partial charge in [0.25, 0.3) is 5.91 Å². The molecule has 0 fully saturated rings. The number of aromatic nitrogens is 2. The Kier molecular flexibility index (Phi) is 3.66. The van der Waals surface area contributed by atoms with Gasteiger partial charge in [0.2, 0.25) is 0 Å². The molecule has 2 heterocycles. The fraction of sp³-hybridized carbons (Fsp3) is 0.200. The molecule has 1 amide bonds. The highest BCUT2D eigenvalue weighted by molar-refractivity contribution is 7.19. The van der Waals surface area contributed by atoms with Crippen LogP contribution in [0.15, 0.2) is 30.6 Å². The van der Waals surface area contributed by atoms with E-state index >= 15 is 0 Å². The maximum absolute atomic E-state index is 13.7. The zero-order valence-electron chi connectivity index (χ0n) is 11.9. The number of aryl methyl sites for hydroxylation is 1. The first-order chi connectivity index (χ1) is 10.5. The Morgan fingerprint density at radius 3 is 2.86 bits per heavy atom. The van der Waals surface area contributed by atoms with E-state index in [-0.39, 0.29) is 11.5 Å². The van der Waals surface area contributed by atoms with Crippen molar-refractivity contribution < 1.29 is 13.6 Å². The summed E-state index contributed by atoms with van der Waals surface area (Å²) < 4.78 is 28.5. The van der Waals surface area contributed by atoms with Crippen LogP contribution >= 0.6 is 11.3 Å². The molecule has 0 spiro atoms. The number of carbonyl (C=O) groups excluding carboxylic acids is 1. The van der Waals surface area contributed by atoms with Crippen molar-refractivity contribution in [1.82, 2.24) is 14.7 Å². The maximum Gasteiger partial charge on any atom is 0.263 e. The Hall–Kier alpha value is -2.28. The SMILES string of the molecule is Cc1c(C(=O)N[C@H](C)c2ccc(F)cc2F)sc2nccn12. The summed E-state index contributed by atoms with van der Waals surface area (Å²) in [5.74, 6) is -1.62. The molecule has 0 aliphatic heterocycles. The zero-order chi connectivity index (χ0) is 15.9. The summed E-state index contributed by atoms with van der Waals surface area (Å²) in [7, 11) is 0. The van der Waals surface area contributed by atoms with Crippen molar-refractivity contribution in [2.45, 2.75) is 19.9 Å². The Morgan fingerprint density at radius 2 is 2.18 bits per heavy atom. The number of halogens is 2. The molecular weight excluding hydrogens is 308 g/mol. The number of rotatable bonds is 3. The van der Waals surface area contributed by atoms with Gasteiger partial charge in [0, 0.05) is 29.7 Å². The Balaban J connectivity index is 1.84. The number of carbonyl (C=O) groups is 1. The molecule has 3 aromatic rings. The minimum Gasteiger partial charge on any atom is -0.345 e. The van der Waals surface area contributed by atoms with E-state index in [2.05, 4.69) is 10.3 Å². The number of imidazole rings is 1. The van der Waals surface area contributed by atoms with Gasteiger partial charge in [-0.25, -0.2) is 13.8 Å². The van der Waals surface area contributed by atoms with Crippen LogP contribution in [0.2, 0.25) is 0 Å². The summed E-state index contributed by atoms with van der Waals surface area (Å²) in [4.78, 5) is 17.8. The molecule has 4 nitrogen and oxygen atoms in total. The third kappa shape index (κ3) is 2.48. The summed E-state index contributed by atoms with van der Waals surface area (Å²) in [6.07, 6.45) is 3.44. The predicted molar refractivity (Wildman–Crippen MR) is 80.0 cm³/mol. The summed E-state index contributed by atoms with van der Waals surface area (Å²) in [6, 6.07) is 2.75. The molecule has 7 heteroatoms. The van der Waals surface area contributed by atoms with E-state index in [4.69, 9.17) is 0 Å². The minimum absolute atomic E-state index is 0.244. The molecule has 114 valence electrons. The Bertz CT molecular complexity index is 856. The van der Waals surface area contributed by atoms with Crippen LogP contribution < -0.4 is 5.32 Å².